The van der Waals surface area contributed by atoms with E-state index in [1.165, 1.54) is 24.3 Å². The Hall–Kier alpha value is -3.31. The van der Waals surface area contributed by atoms with Crippen molar-refractivity contribution >= 4 is 23.5 Å². The number of halogens is 1. The van der Waals surface area contributed by atoms with E-state index in [1.807, 2.05) is 30.3 Å². The lowest BCUT2D eigenvalue weighted by atomic mass is 10.2. The lowest BCUT2D eigenvalue weighted by Crippen LogP contribution is -2.12. The highest BCUT2D eigenvalue weighted by Gasteiger charge is 2.13. The fourth-order valence-electron chi connectivity index (χ4n) is 2.34. The molecule has 0 heterocycles. The molecule has 0 saturated carbocycles. The summed E-state index contributed by atoms with van der Waals surface area (Å²) in [7, 11) is 0. The molecule has 0 aliphatic heterocycles. The highest BCUT2D eigenvalue weighted by molar-refractivity contribution is 6.33. The molecule has 0 radical (unpaired) electrons. The summed E-state index contributed by atoms with van der Waals surface area (Å²) in [5.41, 5.74) is 0.614. The molecule has 3 aromatic rings. The van der Waals surface area contributed by atoms with Crippen LogP contribution in [0.5, 0.6) is 11.5 Å². The first-order chi connectivity index (χ1) is 13.6. The Morgan fingerprint density at radius 2 is 1.39 bits per heavy atom. The van der Waals surface area contributed by atoms with E-state index >= 15 is 0 Å². The van der Waals surface area contributed by atoms with Crippen LogP contribution in [-0.4, -0.2) is 25.2 Å². The van der Waals surface area contributed by atoms with Crippen LogP contribution >= 0.6 is 11.6 Å². The highest BCUT2D eigenvalue weighted by atomic mass is 35.5. The summed E-state index contributed by atoms with van der Waals surface area (Å²) in [4.78, 5) is 24.2. The van der Waals surface area contributed by atoms with Gasteiger partial charge in [0.2, 0.25) is 0 Å². The van der Waals surface area contributed by atoms with Gasteiger partial charge >= 0.3 is 11.9 Å². The minimum Gasteiger partial charge on any atom is -0.490 e. The van der Waals surface area contributed by atoms with Crippen molar-refractivity contribution in [2.75, 3.05) is 13.2 Å². The highest BCUT2D eigenvalue weighted by Crippen LogP contribution is 2.19. The Morgan fingerprint density at radius 1 is 0.714 bits per heavy atom. The number of carbonyl (C=O) groups excluding carboxylic acids is 2. The largest absolute Gasteiger partial charge is 0.490 e. The van der Waals surface area contributed by atoms with E-state index < -0.39 is 11.9 Å². The van der Waals surface area contributed by atoms with Gasteiger partial charge in [-0.2, -0.15) is 0 Å². The molecule has 6 heteroatoms. The second-order valence-corrected chi connectivity index (χ2v) is 6.10. The molecular formula is C22H17ClO5. The zero-order valence-corrected chi connectivity index (χ0v) is 15.6. The summed E-state index contributed by atoms with van der Waals surface area (Å²) in [5.74, 6) is -0.0447. The van der Waals surface area contributed by atoms with Gasteiger partial charge in [-0.05, 0) is 48.5 Å². The fraction of sp³-hybridized carbons (Fsp3) is 0.0909. The smallest absolute Gasteiger partial charge is 0.345 e. The van der Waals surface area contributed by atoms with Crippen molar-refractivity contribution in [3.05, 3.63) is 95.0 Å². The Labute approximate surface area is 167 Å². The second kappa shape index (κ2) is 9.58. The predicted molar refractivity (Wildman–Crippen MR) is 105 cm³/mol. The number of esters is 2. The quantitative estimate of drug-likeness (QED) is 0.326. The normalized spacial score (nSPS) is 10.2. The summed E-state index contributed by atoms with van der Waals surface area (Å²) in [6.45, 7) is 0.375. The van der Waals surface area contributed by atoms with E-state index in [9.17, 15) is 9.59 Å². The van der Waals surface area contributed by atoms with Gasteiger partial charge in [-0.1, -0.05) is 41.9 Å². The number of hydrogen-bond donors (Lipinski definition) is 0. The molecule has 3 aromatic carbocycles. The molecule has 0 N–H and O–H groups in total. The van der Waals surface area contributed by atoms with Crippen molar-refractivity contribution in [1.82, 2.24) is 0 Å². The number of ether oxygens (including phenoxy) is 3. The van der Waals surface area contributed by atoms with Crippen molar-refractivity contribution < 1.29 is 23.8 Å². The van der Waals surface area contributed by atoms with Crippen LogP contribution < -0.4 is 9.47 Å². The van der Waals surface area contributed by atoms with Crippen molar-refractivity contribution in [2.45, 2.75) is 0 Å². The first-order valence-electron chi connectivity index (χ1n) is 8.55. The standard InChI is InChI=1S/C22H17ClO5/c23-20-9-5-4-8-19(20)22(25)28-18-12-10-16(11-13-18)21(24)27-15-14-26-17-6-2-1-3-7-17/h1-13H,14-15H2. The molecule has 0 atom stereocenters. The van der Waals surface area contributed by atoms with Gasteiger partial charge in [0, 0.05) is 0 Å². The van der Waals surface area contributed by atoms with Gasteiger partial charge in [-0.3, -0.25) is 0 Å². The van der Waals surface area contributed by atoms with Crippen LogP contribution in [0.4, 0.5) is 0 Å². The Morgan fingerprint density at radius 3 is 2.11 bits per heavy atom. The molecule has 0 amide bonds. The third kappa shape index (κ3) is 5.34. The van der Waals surface area contributed by atoms with Crippen LogP contribution in [0.2, 0.25) is 5.02 Å². The van der Waals surface area contributed by atoms with E-state index in [4.69, 9.17) is 25.8 Å². The maximum atomic E-state index is 12.1. The topological polar surface area (TPSA) is 61.8 Å². The molecule has 0 fully saturated rings. The Bertz CT molecular complexity index is 939. The van der Waals surface area contributed by atoms with E-state index in [1.54, 1.807) is 24.3 Å². The van der Waals surface area contributed by atoms with Crippen LogP contribution in [-0.2, 0) is 4.74 Å². The van der Waals surface area contributed by atoms with Gasteiger partial charge in [0.25, 0.3) is 0 Å². The maximum absolute atomic E-state index is 12.1. The number of rotatable bonds is 7. The molecule has 28 heavy (non-hydrogen) atoms. The van der Waals surface area contributed by atoms with Crippen LogP contribution in [0.15, 0.2) is 78.9 Å². The van der Waals surface area contributed by atoms with Crippen LogP contribution in [0.1, 0.15) is 20.7 Å². The molecule has 142 valence electrons. The molecule has 0 bridgehead atoms. The number of hydrogen-bond acceptors (Lipinski definition) is 5. The lowest BCUT2D eigenvalue weighted by molar-refractivity contribution is 0.0450. The zero-order valence-electron chi connectivity index (χ0n) is 14.8. The summed E-state index contributed by atoms with van der Waals surface area (Å²) < 4.78 is 15.9. The average molecular weight is 397 g/mol. The molecule has 5 nitrogen and oxygen atoms in total. The Balaban J connectivity index is 1.48. The van der Waals surface area contributed by atoms with Crippen LogP contribution in [0, 0.1) is 0 Å². The first-order valence-corrected chi connectivity index (χ1v) is 8.93. The van der Waals surface area contributed by atoms with E-state index in [2.05, 4.69) is 0 Å². The summed E-state index contributed by atoms with van der Waals surface area (Å²) in [5, 5.41) is 0.311. The van der Waals surface area contributed by atoms with Crippen LogP contribution in [0.25, 0.3) is 0 Å². The van der Waals surface area contributed by atoms with Gasteiger partial charge < -0.3 is 14.2 Å². The van der Waals surface area contributed by atoms with Gasteiger partial charge in [0.1, 0.15) is 24.7 Å². The molecule has 0 unspecified atom stereocenters. The monoisotopic (exact) mass is 396 g/mol. The fourth-order valence-corrected chi connectivity index (χ4v) is 2.55. The van der Waals surface area contributed by atoms with E-state index in [0.29, 0.717) is 22.1 Å². The van der Waals surface area contributed by atoms with Crippen molar-refractivity contribution in [1.29, 1.82) is 0 Å². The molecule has 0 spiro atoms. The second-order valence-electron chi connectivity index (χ2n) is 5.69. The molecule has 0 aliphatic carbocycles. The number of para-hydroxylation sites is 1. The zero-order chi connectivity index (χ0) is 19.8. The Kier molecular flexibility index (Phi) is 6.65. The molecule has 0 aliphatic rings. The third-order valence-corrected chi connectivity index (χ3v) is 4.05. The molecule has 3 rings (SSSR count). The average Bonchev–Trinajstić information content (AvgIpc) is 2.72. The summed E-state index contributed by atoms with van der Waals surface area (Å²) >= 11 is 5.98. The SMILES string of the molecule is O=C(OCCOc1ccccc1)c1ccc(OC(=O)c2ccccc2Cl)cc1. The maximum Gasteiger partial charge on any atom is 0.345 e. The molecular weight excluding hydrogens is 380 g/mol. The minimum absolute atomic E-state index is 0.122. The minimum atomic E-state index is -0.570. The van der Waals surface area contributed by atoms with E-state index in [0.717, 1.165) is 0 Å². The van der Waals surface area contributed by atoms with Gasteiger partial charge in [0.15, 0.2) is 0 Å². The van der Waals surface area contributed by atoms with E-state index in [-0.39, 0.29) is 18.8 Å². The number of benzene rings is 3. The molecule has 0 saturated heterocycles. The summed E-state index contributed by atoms with van der Waals surface area (Å²) in [6, 6.07) is 22.0. The lowest BCUT2D eigenvalue weighted by Gasteiger charge is -2.08. The molecule has 0 aromatic heterocycles. The van der Waals surface area contributed by atoms with Gasteiger partial charge in [-0.15, -0.1) is 0 Å². The van der Waals surface area contributed by atoms with Crippen molar-refractivity contribution in [3.8, 4) is 11.5 Å². The third-order valence-electron chi connectivity index (χ3n) is 3.72. The predicted octanol–water partition coefficient (Wildman–Crippen LogP) is 4.80. The number of carbonyl (C=O) groups is 2. The van der Waals surface area contributed by atoms with Gasteiger partial charge in [-0.25, -0.2) is 9.59 Å². The van der Waals surface area contributed by atoms with Crippen LogP contribution in [0.3, 0.4) is 0 Å². The summed E-state index contributed by atoms with van der Waals surface area (Å²) in [6.07, 6.45) is 0. The first kappa shape index (κ1) is 19.5. The van der Waals surface area contributed by atoms with Crippen molar-refractivity contribution in [2.24, 2.45) is 0 Å². The van der Waals surface area contributed by atoms with Gasteiger partial charge in [0.05, 0.1) is 16.1 Å². The van der Waals surface area contributed by atoms with Crippen molar-refractivity contribution in [3.63, 3.8) is 0 Å².